The lowest BCUT2D eigenvalue weighted by Crippen LogP contribution is -2.56. The summed E-state index contributed by atoms with van der Waals surface area (Å²) in [7, 11) is 0. The molecule has 5 atom stereocenters. The fraction of sp³-hybridized carbons (Fsp3) is 0.567. The van der Waals surface area contributed by atoms with Crippen LogP contribution in [-0.4, -0.2) is 76.7 Å². The van der Waals surface area contributed by atoms with E-state index >= 15 is 0 Å². The van der Waals surface area contributed by atoms with E-state index in [2.05, 4.69) is 13.2 Å². The van der Waals surface area contributed by atoms with Gasteiger partial charge in [-0.1, -0.05) is 42.5 Å². The number of hydrogen-bond donors (Lipinski definition) is 1. The Bertz CT molecular complexity index is 1010. The molecule has 3 heterocycles. The van der Waals surface area contributed by atoms with Crippen LogP contribution in [0.5, 0.6) is 0 Å². The summed E-state index contributed by atoms with van der Waals surface area (Å²) in [5.41, 5.74) is -0.0804. The van der Waals surface area contributed by atoms with Crippen LogP contribution in [0.3, 0.4) is 0 Å². The van der Waals surface area contributed by atoms with Gasteiger partial charge in [-0.15, -0.1) is 13.2 Å². The Hall–Kier alpha value is -2.97. The number of aliphatic hydroxyl groups is 1. The fourth-order valence-corrected chi connectivity index (χ4v) is 6.36. The second kappa shape index (κ2) is 12.7. The molecule has 206 valence electrons. The average molecular weight is 525 g/mol. The number of nitrogens with zero attached hydrogens (tertiary/aromatic N) is 2. The number of aliphatic hydroxyl groups excluding tert-OH is 1. The van der Waals surface area contributed by atoms with Crippen molar-refractivity contribution in [3.05, 3.63) is 61.2 Å². The maximum atomic E-state index is 14.2. The summed E-state index contributed by atoms with van der Waals surface area (Å²) < 4.78 is 12.1. The monoisotopic (exact) mass is 524 g/mol. The molecule has 2 bridgehead atoms. The van der Waals surface area contributed by atoms with Gasteiger partial charge in [-0.05, 0) is 50.5 Å². The van der Waals surface area contributed by atoms with Crippen molar-refractivity contribution in [2.75, 3.05) is 26.3 Å². The number of unbranched alkanes of at least 4 members (excludes halogenated alkanes) is 3. The van der Waals surface area contributed by atoms with Crippen LogP contribution in [0, 0.1) is 11.8 Å². The Morgan fingerprint density at radius 1 is 1.16 bits per heavy atom. The van der Waals surface area contributed by atoms with Gasteiger partial charge >= 0.3 is 5.97 Å². The first-order chi connectivity index (χ1) is 18.5. The predicted octanol–water partition coefficient (Wildman–Crippen LogP) is 3.25. The van der Waals surface area contributed by atoms with Gasteiger partial charge in [0.05, 0.1) is 24.5 Å². The first kappa shape index (κ1) is 28.0. The Morgan fingerprint density at radius 2 is 1.95 bits per heavy atom. The molecule has 0 radical (unpaired) electrons. The van der Waals surface area contributed by atoms with E-state index in [0.717, 1.165) is 24.8 Å². The standard InChI is InChI=1S/C30H40N2O6/c1-3-5-6-12-20-37-29(36)24-23-15-16-30(38-23)25(24)27(34)32(18-10-11-19-33)26(30)28(35)31(17-4-2)21-22-13-8-7-9-14-22/h3-4,7-9,13-14,23-26,33H,1-2,5-6,10-12,15-21H2/t23-,24+,25+,26?,30?/m1/s1. The van der Waals surface area contributed by atoms with Gasteiger partial charge in [0, 0.05) is 26.2 Å². The molecule has 8 nitrogen and oxygen atoms in total. The summed E-state index contributed by atoms with van der Waals surface area (Å²) in [5, 5.41) is 9.34. The molecule has 1 aromatic carbocycles. The van der Waals surface area contributed by atoms with E-state index in [4.69, 9.17) is 9.47 Å². The Balaban J connectivity index is 1.60. The molecule has 2 unspecified atom stereocenters. The topological polar surface area (TPSA) is 96.4 Å². The van der Waals surface area contributed by atoms with Crippen LogP contribution in [0.2, 0.25) is 0 Å². The number of fused-ring (bicyclic) bond motifs is 1. The van der Waals surface area contributed by atoms with Gasteiger partial charge in [0.1, 0.15) is 11.6 Å². The molecule has 1 N–H and O–H groups in total. The summed E-state index contributed by atoms with van der Waals surface area (Å²) in [6, 6.07) is 8.86. The number of esters is 1. The first-order valence-corrected chi connectivity index (χ1v) is 13.8. The third-order valence-corrected chi connectivity index (χ3v) is 8.04. The molecule has 3 aliphatic heterocycles. The first-order valence-electron chi connectivity index (χ1n) is 13.8. The second-order valence-corrected chi connectivity index (χ2v) is 10.5. The van der Waals surface area contributed by atoms with E-state index in [1.165, 1.54) is 0 Å². The van der Waals surface area contributed by atoms with Crippen LogP contribution in [0.25, 0.3) is 0 Å². The lowest BCUT2D eigenvalue weighted by atomic mass is 9.70. The van der Waals surface area contributed by atoms with Gasteiger partial charge in [-0.2, -0.15) is 0 Å². The van der Waals surface area contributed by atoms with Crippen molar-refractivity contribution in [1.82, 2.24) is 9.80 Å². The zero-order chi connectivity index (χ0) is 27.1. The Labute approximate surface area is 225 Å². The van der Waals surface area contributed by atoms with Crippen molar-refractivity contribution in [2.24, 2.45) is 11.8 Å². The van der Waals surface area contributed by atoms with Gasteiger partial charge < -0.3 is 24.4 Å². The van der Waals surface area contributed by atoms with Crippen LogP contribution in [0.1, 0.15) is 50.5 Å². The molecular formula is C30H40N2O6. The third-order valence-electron chi connectivity index (χ3n) is 8.04. The molecule has 38 heavy (non-hydrogen) atoms. The van der Waals surface area contributed by atoms with Crippen LogP contribution >= 0.6 is 0 Å². The summed E-state index contributed by atoms with van der Waals surface area (Å²) in [6.07, 6.45) is 7.76. The molecule has 0 saturated carbocycles. The average Bonchev–Trinajstić information content (AvgIpc) is 3.56. The van der Waals surface area contributed by atoms with Gasteiger partial charge in [-0.25, -0.2) is 0 Å². The molecule has 2 amide bonds. The molecular weight excluding hydrogens is 484 g/mol. The number of carbonyl (C=O) groups is 3. The molecule has 0 aliphatic carbocycles. The summed E-state index contributed by atoms with van der Waals surface area (Å²) in [4.78, 5) is 44.7. The van der Waals surface area contributed by atoms with Crippen molar-refractivity contribution in [1.29, 1.82) is 0 Å². The number of likely N-dealkylation sites (tertiary alicyclic amines) is 1. The highest BCUT2D eigenvalue weighted by molar-refractivity contribution is 5.98. The maximum absolute atomic E-state index is 14.2. The minimum atomic E-state index is -1.05. The van der Waals surface area contributed by atoms with Gasteiger partial charge in [0.2, 0.25) is 11.8 Å². The van der Waals surface area contributed by atoms with Crippen molar-refractivity contribution in [2.45, 2.75) is 69.2 Å². The molecule has 0 aromatic heterocycles. The van der Waals surface area contributed by atoms with Crippen LogP contribution in [0.15, 0.2) is 55.6 Å². The molecule has 3 aliphatic rings. The van der Waals surface area contributed by atoms with Crippen LogP contribution in [0.4, 0.5) is 0 Å². The number of hydrogen-bond acceptors (Lipinski definition) is 6. The highest BCUT2D eigenvalue weighted by Gasteiger charge is 2.75. The highest BCUT2D eigenvalue weighted by atomic mass is 16.6. The van der Waals surface area contributed by atoms with E-state index in [0.29, 0.717) is 45.3 Å². The molecule has 4 rings (SSSR count). The number of rotatable bonds is 15. The van der Waals surface area contributed by atoms with E-state index in [1.54, 1.807) is 15.9 Å². The number of ether oxygens (including phenoxy) is 2. The van der Waals surface area contributed by atoms with E-state index in [-0.39, 0.29) is 25.0 Å². The maximum Gasteiger partial charge on any atom is 0.312 e. The largest absolute Gasteiger partial charge is 0.465 e. The van der Waals surface area contributed by atoms with Crippen LogP contribution in [-0.2, 0) is 30.4 Å². The van der Waals surface area contributed by atoms with Gasteiger partial charge in [0.15, 0.2) is 0 Å². The van der Waals surface area contributed by atoms with Crippen molar-refractivity contribution < 1.29 is 29.0 Å². The van der Waals surface area contributed by atoms with E-state index in [1.807, 2.05) is 36.4 Å². The number of allylic oxidation sites excluding steroid dienone is 1. The number of carbonyl (C=O) groups excluding carboxylic acids is 3. The van der Waals surface area contributed by atoms with E-state index < -0.39 is 35.6 Å². The molecule has 3 saturated heterocycles. The van der Waals surface area contributed by atoms with Crippen molar-refractivity contribution in [3.8, 4) is 0 Å². The Kier molecular flexibility index (Phi) is 9.39. The SMILES string of the molecule is C=CCCCCOC(=O)[C@@H]1[C@H]2C(=O)N(CCCCO)C(C(=O)N(CC=C)Cc3ccccc3)C23CC[C@H]1O3. The summed E-state index contributed by atoms with van der Waals surface area (Å²) in [5.74, 6) is -2.30. The molecule has 3 fully saturated rings. The quantitative estimate of drug-likeness (QED) is 0.215. The minimum Gasteiger partial charge on any atom is -0.465 e. The van der Waals surface area contributed by atoms with Gasteiger partial charge in [-0.3, -0.25) is 14.4 Å². The number of amides is 2. The minimum absolute atomic E-state index is 0.00515. The lowest BCUT2D eigenvalue weighted by Gasteiger charge is -2.36. The molecule has 1 aromatic rings. The highest BCUT2D eigenvalue weighted by Crippen LogP contribution is 2.58. The van der Waals surface area contributed by atoms with Gasteiger partial charge in [0.25, 0.3) is 0 Å². The smallest absolute Gasteiger partial charge is 0.312 e. The van der Waals surface area contributed by atoms with E-state index in [9.17, 15) is 19.5 Å². The van der Waals surface area contributed by atoms with Crippen molar-refractivity contribution >= 4 is 17.8 Å². The zero-order valence-corrected chi connectivity index (χ0v) is 22.1. The third kappa shape index (κ3) is 5.43. The van der Waals surface area contributed by atoms with Crippen molar-refractivity contribution in [3.63, 3.8) is 0 Å². The number of benzene rings is 1. The summed E-state index contributed by atoms with van der Waals surface area (Å²) >= 11 is 0. The lowest BCUT2D eigenvalue weighted by molar-refractivity contribution is -0.155. The molecule has 1 spiro atoms. The second-order valence-electron chi connectivity index (χ2n) is 10.5. The normalized spacial score (nSPS) is 27.3. The zero-order valence-electron chi connectivity index (χ0n) is 22.1. The Morgan fingerprint density at radius 3 is 2.66 bits per heavy atom. The van der Waals surface area contributed by atoms with Crippen LogP contribution < -0.4 is 0 Å². The summed E-state index contributed by atoms with van der Waals surface area (Å²) in [6.45, 7) is 8.86. The molecule has 8 heteroatoms. The predicted molar refractivity (Wildman–Crippen MR) is 143 cm³/mol. The fourth-order valence-electron chi connectivity index (χ4n) is 6.36.